The predicted octanol–water partition coefficient (Wildman–Crippen LogP) is 4.91. The van der Waals surface area contributed by atoms with Gasteiger partial charge in [-0.15, -0.1) is 0 Å². The highest BCUT2D eigenvalue weighted by Gasteiger charge is 2.17. The molecule has 2 aromatic heterocycles. The Morgan fingerprint density at radius 3 is 2.79 bits per heavy atom. The summed E-state index contributed by atoms with van der Waals surface area (Å²) in [7, 11) is 0. The van der Waals surface area contributed by atoms with E-state index in [9.17, 15) is 4.79 Å². The molecule has 0 aliphatic heterocycles. The third kappa shape index (κ3) is 4.51. The average Bonchev–Trinajstić information content (AvgIpc) is 3.38. The Labute approximate surface area is 168 Å². The maximum atomic E-state index is 12.3. The van der Waals surface area contributed by atoms with Crippen LogP contribution in [0.5, 0.6) is 0 Å². The second kappa shape index (κ2) is 8.44. The van der Waals surface area contributed by atoms with Gasteiger partial charge >= 0.3 is 0 Å². The zero-order valence-corrected chi connectivity index (χ0v) is 16.2. The molecule has 0 saturated heterocycles. The molecule has 1 aromatic carbocycles. The van der Waals surface area contributed by atoms with Crippen LogP contribution in [0.4, 0.5) is 11.5 Å². The first-order valence-corrected chi connectivity index (χ1v) is 9.86. The van der Waals surface area contributed by atoms with Gasteiger partial charge in [0, 0.05) is 23.1 Å². The quantitative estimate of drug-likeness (QED) is 0.622. The number of aromatic nitrogens is 3. The van der Waals surface area contributed by atoms with E-state index in [0.29, 0.717) is 34.7 Å². The summed E-state index contributed by atoms with van der Waals surface area (Å²) in [6.07, 6.45) is 8.63. The number of halogens is 1. The van der Waals surface area contributed by atoms with E-state index >= 15 is 0 Å². The third-order valence-electron chi connectivity index (χ3n) is 4.92. The molecule has 1 saturated carbocycles. The molecule has 2 heterocycles. The Hall–Kier alpha value is -2.86. The first-order valence-electron chi connectivity index (χ1n) is 9.48. The predicted molar refractivity (Wildman–Crippen MR) is 111 cm³/mol. The van der Waals surface area contributed by atoms with Crippen molar-refractivity contribution in [2.45, 2.75) is 38.3 Å². The number of nitrogens with zero attached hydrogens (tertiary/aromatic N) is 3. The Morgan fingerprint density at radius 2 is 2.04 bits per heavy atom. The largest absolute Gasteiger partial charge is 0.364 e. The molecule has 6 nitrogen and oxygen atoms in total. The molecule has 0 bridgehead atoms. The van der Waals surface area contributed by atoms with Crippen LogP contribution < -0.4 is 10.6 Å². The summed E-state index contributed by atoms with van der Waals surface area (Å²) in [6, 6.07) is 13.2. The summed E-state index contributed by atoms with van der Waals surface area (Å²) in [5.74, 6) is 0.478. The number of carbonyl (C=O) groups excluding carboxylic acids is 1. The molecule has 4 rings (SSSR count). The summed E-state index contributed by atoms with van der Waals surface area (Å²) in [6.45, 7) is 0.598. The molecule has 0 atom stereocenters. The van der Waals surface area contributed by atoms with Crippen LogP contribution >= 0.6 is 11.6 Å². The highest BCUT2D eigenvalue weighted by molar-refractivity contribution is 6.30. The van der Waals surface area contributed by atoms with Gasteiger partial charge in [-0.05, 0) is 49.2 Å². The van der Waals surface area contributed by atoms with Crippen molar-refractivity contribution in [1.29, 1.82) is 0 Å². The minimum atomic E-state index is -0.225. The van der Waals surface area contributed by atoms with E-state index in [0.717, 1.165) is 5.69 Å². The van der Waals surface area contributed by atoms with E-state index in [4.69, 9.17) is 11.6 Å². The van der Waals surface area contributed by atoms with Crippen LogP contribution in [0.15, 0.2) is 54.9 Å². The maximum absolute atomic E-state index is 12.3. The molecule has 1 aliphatic carbocycles. The molecule has 1 aliphatic rings. The second-order valence-electron chi connectivity index (χ2n) is 6.98. The standard InChI is InChI=1S/C21H22ClN5O/c22-16-4-3-5-17(12-16)25-21(28)15-8-9-20(23-13-15)24-14-18-10-11-27(26-18)19-6-1-2-7-19/h3-5,8-13,19H,1-2,6-7,14H2,(H,23,24)(H,25,28). The van der Waals surface area contributed by atoms with Crippen LogP contribution in [0.2, 0.25) is 5.02 Å². The molecule has 0 unspecified atom stereocenters. The van der Waals surface area contributed by atoms with Crippen LogP contribution in [-0.4, -0.2) is 20.7 Å². The molecule has 7 heteroatoms. The average molecular weight is 396 g/mol. The SMILES string of the molecule is O=C(Nc1cccc(Cl)c1)c1ccc(NCc2ccn(C3CCCC3)n2)nc1. The van der Waals surface area contributed by atoms with Gasteiger partial charge < -0.3 is 10.6 Å². The number of amides is 1. The molecule has 0 spiro atoms. The van der Waals surface area contributed by atoms with Crippen molar-refractivity contribution in [1.82, 2.24) is 14.8 Å². The second-order valence-corrected chi connectivity index (χ2v) is 7.41. The maximum Gasteiger partial charge on any atom is 0.257 e. The number of carbonyl (C=O) groups is 1. The van der Waals surface area contributed by atoms with Crippen LogP contribution in [-0.2, 0) is 6.54 Å². The lowest BCUT2D eigenvalue weighted by molar-refractivity contribution is 0.102. The molecule has 3 aromatic rings. The van der Waals surface area contributed by atoms with Crippen molar-refractivity contribution in [2.24, 2.45) is 0 Å². The van der Waals surface area contributed by atoms with Crippen molar-refractivity contribution in [3.05, 3.63) is 71.1 Å². The first kappa shape index (κ1) is 18.5. The number of benzene rings is 1. The van der Waals surface area contributed by atoms with Gasteiger partial charge in [-0.2, -0.15) is 5.10 Å². The summed E-state index contributed by atoms with van der Waals surface area (Å²) < 4.78 is 2.08. The minimum absolute atomic E-state index is 0.225. The van der Waals surface area contributed by atoms with Crippen LogP contribution in [0.1, 0.15) is 47.8 Å². The molecule has 144 valence electrons. The molecule has 0 radical (unpaired) electrons. The van der Waals surface area contributed by atoms with Gasteiger partial charge in [0.25, 0.3) is 5.91 Å². The normalized spacial score (nSPS) is 14.2. The van der Waals surface area contributed by atoms with Gasteiger partial charge in [0.2, 0.25) is 0 Å². The number of anilines is 2. The summed E-state index contributed by atoms with van der Waals surface area (Å²) in [5, 5.41) is 11.3. The van der Waals surface area contributed by atoms with Crippen molar-refractivity contribution >= 4 is 29.0 Å². The van der Waals surface area contributed by atoms with Gasteiger partial charge in [-0.3, -0.25) is 9.48 Å². The summed E-state index contributed by atoms with van der Waals surface area (Å²) >= 11 is 5.94. The highest BCUT2D eigenvalue weighted by Crippen LogP contribution is 2.28. The Bertz CT molecular complexity index is 947. The highest BCUT2D eigenvalue weighted by atomic mass is 35.5. The van der Waals surface area contributed by atoms with E-state index in [1.807, 2.05) is 6.07 Å². The number of nitrogens with one attached hydrogen (secondary N) is 2. The van der Waals surface area contributed by atoms with Crippen LogP contribution in [0, 0.1) is 0 Å². The van der Waals surface area contributed by atoms with Crippen molar-refractivity contribution in [3.63, 3.8) is 0 Å². The van der Waals surface area contributed by atoms with E-state index in [1.165, 1.54) is 25.7 Å². The Kier molecular flexibility index (Phi) is 5.58. The fraction of sp³-hybridized carbons (Fsp3) is 0.286. The van der Waals surface area contributed by atoms with E-state index in [-0.39, 0.29) is 5.91 Å². The van der Waals surface area contributed by atoms with Gasteiger partial charge in [-0.1, -0.05) is 30.5 Å². The lowest BCUT2D eigenvalue weighted by Gasteiger charge is -2.09. The summed E-state index contributed by atoms with van der Waals surface area (Å²) in [5.41, 5.74) is 2.12. The van der Waals surface area contributed by atoms with Crippen molar-refractivity contribution < 1.29 is 4.79 Å². The third-order valence-corrected chi connectivity index (χ3v) is 5.16. The number of rotatable bonds is 6. The smallest absolute Gasteiger partial charge is 0.257 e. The molecule has 1 amide bonds. The zero-order valence-electron chi connectivity index (χ0n) is 15.4. The first-order chi connectivity index (χ1) is 13.7. The lowest BCUT2D eigenvalue weighted by atomic mass is 10.2. The molecule has 1 fully saturated rings. The fourth-order valence-corrected chi connectivity index (χ4v) is 3.62. The molecular weight excluding hydrogens is 374 g/mol. The minimum Gasteiger partial charge on any atom is -0.364 e. The Morgan fingerprint density at radius 1 is 1.18 bits per heavy atom. The lowest BCUT2D eigenvalue weighted by Crippen LogP contribution is -2.12. The number of hydrogen-bond donors (Lipinski definition) is 2. The summed E-state index contributed by atoms with van der Waals surface area (Å²) in [4.78, 5) is 16.6. The molecular formula is C21H22ClN5O. The van der Waals surface area contributed by atoms with E-state index in [2.05, 4.69) is 31.6 Å². The van der Waals surface area contributed by atoms with Gasteiger partial charge in [0.1, 0.15) is 5.82 Å². The van der Waals surface area contributed by atoms with Gasteiger partial charge in [0.15, 0.2) is 0 Å². The molecule has 2 N–H and O–H groups in total. The van der Waals surface area contributed by atoms with Crippen molar-refractivity contribution in [3.8, 4) is 0 Å². The van der Waals surface area contributed by atoms with E-state index in [1.54, 1.807) is 42.6 Å². The number of pyridine rings is 1. The van der Waals surface area contributed by atoms with Crippen molar-refractivity contribution in [2.75, 3.05) is 10.6 Å². The van der Waals surface area contributed by atoms with Crippen LogP contribution in [0.25, 0.3) is 0 Å². The topological polar surface area (TPSA) is 71.8 Å². The fourth-order valence-electron chi connectivity index (χ4n) is 3.43. The molecule has 28 heavy (non-hydrogen) atoms. The Balaban J connectivity index is 1.32. The zero-order chi connectivity index (χ0) is 19.3. The van der Waals surface area contributed by atoms with Gasteiger partial charge in [-0.25, -0.2) is 4.98 Å². The van der Waals surface area contributed by atoms with Crippen LogP contribution in [0.3, 0.4) is 0 Å². The van der Waals surface area contributed by atoms with E-state index < -0.39 is 0 Å². The van der Waals surface area contributed by atoms with Gasteiger partial charge in [0.05, 0.1) is 23.8 Å². The number of hydrogen-bond acceptors (Lipinski definition) is 4. The monoisotopic (exact) mass is 395 g/mol.